The number of benzene rings is 4. The summed E-state index contributed by atoms with van der Waals surface area (Å²) in [4.78, 5) is 4.49. The Labute approximate surface area is 183 Å². The van der Waals surface area contributed by atoms with Gasteiger partial charge in [0.15, 0.2) is 0 Å². The molecule has 0 amide bonds. The molecule has 0 saturated heterocycles. The van der Waals surface area contributed by atoms with Gasteiger partial charge in [-0.2, -0.15) is 0 Å². The first-order chi connectivity index (χ1) is 14.8. The summed E-state index contributed by atoms with van der Waals surface area (Å²) in [6.45, 7) is 0. The van der Waals surface area contributed by atoms with Gasteiger partial charge in [0.25, 0.3) is 0 Å². The van der Waals surface area contributed by atoms with E-state index in [2.05, 4.69) is 106 Å². The maximum absolute atomic E-state index is 4.49. The molecule has 1 heterocycles. The van der Waals surface area contributed by atoms with Gasteiger partial charge in [0.05, 0.1) is 5.41 Å². The number of aromatic nitrogens is 1. The summed E-state index contributed by atoms with van der Waals surface area (Å²) < 4.78 is 1.10. The first-order valence-electron chi connectivity index (χ1n) is 10.2. The van der Waals surface area contributed by atoms with Crippen LogP contribution in [0.5, 0.6) is 0 Å². The van der Waals surface area contributed by atoms with E-state index in [0.29, 0.717) is 0 Å². The van der Waals surface area contributed by atoms with Crippen LogP contribution in [-0.4, -0.2) is 4.98 Å². The molecule has 1 atom stereocenters. The van der Waals surface area contributed by atoms with Crippen LogP contribution < -0.4 is 0 Å². The largest absolute Gasteiger partial charge is 0.264 e. The van der Waals surface area contributed by atoms with Crippen molar-refractivity contribution in [1.29, 1.82) is 0 Å². The third-order valence-corrected chi connectivity index (χ3v) is 7.32. The minimum absolute atomic E-state index is 0.345. The van der Waals surface area contributed by atoms with E-state index in [1.165, 1.54) is 55.3 Å². The van der Waals surface area contributed by atoms with E-state index in [4.69, 9.17) is 0 Å². The molecule has 2 aliphatic carbocycles. The lowest BCUT2D eigenvalue weighted by molar-refractivity contribution is 0.771. The maximum atomic E-state index is 4.49. The van der Waals surface area contributed by atoms with Crippen LogP contribution >= 0.6 is 15.9 Å². The number of rotatable bonds is 0. The predicted molar refractivity (Wildman–Crippen MR) is 126 cm³/mol. The van der Waals surface area contributed by atoms with Crippen LogP contribution in [-0.2, 0) is 5.41 Å². The Balaban J connectivity index is 1.80. The van der Waals surface area contributed by atoms with Gasteiger partial charge in [-0.15, -0.1) is 0 Å². The molecule has 7 rings (SSSR count). The van der Waals surface area contributed by atoms with Gasteiger partial charge < -0.3 is 0 Å². The summed E-state index contributed by atoms with van der Waals surface area (Å²) in [5.74, 6) is 0. The molecule has 4 aromatic carbocycles. The first kappa shape index (κ1) is 16.6. The molecule has 1 nitrogen and oxygen atoms in total. The average Bonchev–Trinajstić information content (AvgIpc) is 3.08. The van der Waals surface area contributed by atoms with Crippen molar-refractivity contribution in [2.75, 3.05) is 0 Å². The molecule has 2 aliphatic rings. The Morgan fingerprint density at radius 2 is 1.33 bits per heavy atom. The Morgan fingerprint density at radius 3 is 2.27 bits per heavy atom. The number of pyridine rings is 1. The number of nitrogens with zero attached hydrogens (tertiary/aromatic N) is 1. The Hall–Kier alpha value is -3.23. The van der Waals surface area contributed by atoms with Crippen molar-refractivity contribution < 1.29 is 0 Å². The van der Waals surface area contributed by atoms with Crippen molar-refractivity contribution in [3.63, 3.8) is 0 Å². The fourth-order valence-corrected chi connectivity index (χ4v) is 6.15. The maximum Gasteiger partial charge on any atom is 0.0727 e. The normalized spacial score (nSPS) is 17.6. The molecular formula is C28H16BrN. The van der Waals surface area contributed by atoms with E-state index in [1.807, 2.05) is 12.4 Å². The van der Waals surface area contributed by atoms with Crippen LogP contribution in [0.4, 0.5) is 0 Å². The quantitative estimate of drug-likeness (QED) is 0.238. The lowest BCUT2D eigenvalue weighted by atomic mass is 9.61. The highest BCUT2D eigenvalue weighted by molar-refractivity contribution is 9.10. The lowest BCUT2D eigenvalue weighted by Gasteiger charge is -2.40. The lowest BCUT2D eigenvalue weighted by Crippen LogP contribution is -2.31. The van der Waals surface area contributed by atoms with Crippen molar-refractivity contribution in [3.8, 4) is 22.3 Å². The van der Waals surface area contributed by atoms with Gasteiger partial charge >= 0.3 is 0 Å². The van der Waals surface area contributed by atoms with E-state index >= 15 is 0 Å². The van der Waals surface area contributed by atoms with E-state index in [9.17, 15) is 0 Å². The van der Waals surface area contributed by atoms with Crippen LogP contribution in [0, 0.1) is 0 Å². The minimum atomic E-state index is -0.345. The van der Waals surface area contributed by atoms with Gasteiger partial charge in [0.2, 0.25) is 0 Å². The molecule has 0 fully saturated rings. The monoisotopic (exact) mass is 445 g/mol. The molecule has 5 aromatic rings. The average molecular weight is 446 g/mol. The number of halogens is 1. The zero-order valence-corrected chi connectivity index (χ0v) is 17.6. The van der Waals surface area contributed by atoms with Gasteiger partial charge in [-0.3, -0.25) is 4.98 Å². The van der Waals surface area contributed by atoms with Crippen molar-refractivity contribution in [2.24, 2.45) is 0 Å². The molecule has 0 N–H and O–H groups in total. The minimum Gasteiger partial charge on any atom is -0.264 e. The fourth-order valence-electron chi connectivity index (χ4n) is 5.79. The van der Waals surface area contributed by atoms with Gasteiger partial charge in [-0.1, -0.05) is 82.7 Å². The summed E-state index contributed by atoms with van der Waals surface area (Å²) >= 11 is 3.75. The van der Waals surface area contributed by atoms with Crippen LogP contribution in [0.15, 0.2) is 102 Å². The molecular weight excluding hydrogens is 430 g/mol. The predicted octanol–water partition coefficient (Wildman–Crippen LogP) is 7.34. The summed E-state index contributed by atoms with van der Waals surface area (Å²) in [6.07, 6.45) is 3.96. The van der Waals surface area contributed by atoms with Crippen molar-refractivity contribution in [2.45, 2.75) is 5.41 Å². The fraction of sp³-hybridized carbons (Fsp3) is 0.0357. The summed E-state index contributed by atoms with van der Waals surface area (Å²) in [5.41, 5.74) is 10.1. The molecule has 0 bridgehead atoms. The second kappa shape index (κ2) is 5.68. The highest BCUT2D eigenvalue weighted by Crippen LogP contribution is 2.61. The number of fused-ring (bicyclic) bond motifs is 9. The van der Waals surface area contributed by atoms with Crippen LogP contribution in [0.2, 0.25) is 0 Å². The highest BCUT2D eigenvalue weighted by atomic mass is 79.9. The second-order valence-electron chi connectivity index (χ2n) is 8.12. The molecule has 0 radical (unpaired) electrons. The SMILES string of the molecule is Brc1ccc2c(c1)C1(c3ccncc3-2)c2ccccc2-c2cccc3cccc1c23. The second-order valence-corrected chi connectivity index (χ2v) is 9.03. The Kier molecular flexibility index (Phi) is 3.13. The van der Waals surface area contributed by atoms with Crippen LogP contribution in [0.25, 0.3) is 33.0 Å². The Morgan fingerprint density at radius 1 is 0.600 bits per heavy atom. The third kappa shape index (κ3) is 1.82. The summed E-state index contributed by atoms with van der Waals surface area (Å²) in [5, 5.41) is 2.65. The standard InChI is InChI=1S/C28H16BrN/c29-18-11-12-20-22-16-30-14-13-24(22)28(26(20)15-18)23-9-2-1-7-19(23)21-8-3-5-17-6-4-10-25(28)27(17)21/h1-16H. The third-order valence-electron chi connectivity index (χ3n) is 6.83. The molecule has 1 aromatic heterocycles. The van der Waals surface area contributed by atoms with Crippen molar-refractivity contribution in [3.05, 3.63) is 124 Å². The van der Waals surface area contributed by atoms with Crippen molar-refractivity contribution >= 4 is 26.7 Å². The molecule has 2 heteroatoms. The Bertz CT molecular complexity index is 1510. The molecule has 0 saturated carbocycles. The smallest absolute Gasteiger partial charge is 0.0727 e. The van der Waals surface area contributed by atoms with Gasteiger partial charge in [-0.05, 0) is 67.9 Å². The molecule has 30 heavy (non-hydrogen) atoms. The number of hydrogen-bond donors (Lipinski definition) is 0. The van der Waals surface area contributed by atoms with E-state index in [-0.39, 0.29) is 5.41 Å². The van der Waals surface area contributed by atoms with Gasteiger partial charge in [0.1, 0.15) is 0 Å². The number of hydrogen-bond acceptors (Lipinski definition) is 1. The first-order valence-corrected chi connectivity index (χ1v) is 11.0. The zero-order valence-electron chi connectivity index (χ0n) is 16.1. The molecule has 1 spiro atoms. The topological polar surface area (TPSA) is 12.9 Å². The van der Waals surface area contributed by atoms with E-state index in [1.54, 1.807) is 0 Å². The summed E-state index contributed by atoms with van der Waals surface area (Å²) in [6, 6.07) is 31.2. The summed E-state index contributed by atoms with van der Waals surface area (Å²) in [7, 11) is 0. The highest BCUT2D eigenvalue weighted by Gasteiger charge is 2.50. The zero-order chi connectivity index (χ0) is 19.9. The van der Waals surface area contributed by atoms with Crippen LogP contribution in [0.1, 0.15) is 22.3 Å². The van der Waals surface area contributed by atoms with E-state index < -0.39 is 0 Å². The molecule has 0 aliphatic heterocycles. The van der Waals surface area contributed by atoms with Crippen molar-refractivity contribution in [1.82, 2.24) is 4.98 Å². The van der Waals surface area contributed by atoms with Crippen LogP contribution in [0.3, 0.4) is 0 Å². The molecule has 140 valence electrons. The van der Waals surface area contributed by atoms with Gasteiger partial charge in [0, 0.05) is 22.4 Å². The molecule has 1 unspecified atom stereocenters. The van der Waals surface area contributed by atoms with Gasteiger partial charge in [-0.25, -0.2) is 0 Å². The van der Waals surface area contributed by atoms with E-state index in [0.717, 1.165) is 4.47 Å².